The Labute approximate surface area is 276 Å². The Morgan fingerprint density at radius 2 is 1.64 bits per heavy atom. The maximum Gasteiger partial charge on any atom is 0.407 e. The highest BCUT2D eigenvalue weighted by Crippen LogP contribution is 2.44. The van der Waals surface area contributed by atoms with Crippen LogP contribution in [0, 0.1) is 5.92 Å². The molecule has 1 aromatic heterocycles. The van der Waals surface area contributed by atoms with E-state index in [1.807, 2.05) is 36.4 Å². The van der Waals surface area contributed by atoms with Crippen LogP contribution >= 0.6 is 0 Å². The Morgan fingerprint density at radius 3 is 2.21 bits per heavy atom. The highest BCUT2D eigenvalue weighted by Gasteiger charge is 2.44. The third-order valence-electron chi connectivity index (χ3n) is 9.16. The summed E-state index contributed by atoms with van der Waals surface area (Å²) in [5.41, 5.74) is 9.56. The number of carbonyl (C=O) groups excluding carboxylic acids is 2. The molecule has 0 radical (unpaired) electrons. The first-order valence-electron chi connectivity index (χ1n) is 15.8. The van der Waals surface area contributed by atoms with E-state index in [2.05, 4.69) is 56.3 Å². The molecule has 3 aromatic rings. The predicted octanol–water partition coefficient (Wildman–Crippen LogP) is 5.74. The maximum atomic E-state index is 13.3. The summed E-state index contributed by atoms with van der Waals surface area (Å²) in [5.74, 6) is -0.628. The van der Waals surface area contributed by atoms with Crippen molar-refractivity contribution in [1.82, 2.24) is 14.9 Å². The number of amides is 1. The van der Waals surface area contributed by atoms with E-state index >= 15 is 0 Å². The largest absolute Gasteiger partial charge is 0.468 e. The van der Waals surface area contributed by atoms with E-state index in [0.29, 0.717) is 5.76 Å². The Morgan fingerprint density at radius 1 is 1.02 bits per heavy atom. The molecule has 2 aromatic carbocycles. The van der Waals surface area contributed by atoms with Crippen molar-refractivity contribution in [1.29, 1.82) is 0 Å². The van der Waals surface area contributed by atoms with Gasteiger partial charge in [0.1, 0.15) is 36.9 Å². The number of anilines is 1. The van der Waals surface area contributed by atoms with Gasteiger partial charge in [-0.3, -0.25) is 4.57 Å². The molecule has 250 valence electrons. The molecule has 3 atom stereocenters. The average Bonchev–Trinajstić information content (AvgIpc) is 3.54. The Hall–Kier alpha value is -4.42. The summed E-state index contributed by atoms with van der Waals surface area (Å²) >= 11 is 0. The smallest absolute Gasteiger partial charge is 0.407 e. The fourth-order valence-electron chi connectivity index (χ4n) is 5.55. The fraction of sp³-hybridized carbons (Fsp3) is 0.429. The van der Waals surface area contributed by atoms with Gasteiger partial charge in [-0.15, -0.1) is 0 Å². The van der Waals surface area contributed by atoms with Crippen LogP contribution in [0.15, 0.2) is 77.4 Å². The first-order chi connectivity index (χ1) is 22.2. The van der Waals surface area contributed by atoms with Gasteiger partial charge in [0, 0.05) is 12.1 Å². The number of hydrogen-bond donors (Lipinski definition) is 2. The van der Waals surface area contributed by atoms with Crippen LogP contribution in [0.1, 0.15) is 57.9 Å². The summed E-state index contributed by atoms with van der Waals surface area (Å²) < 4.78 is 25.3. The third-order valence-corrected chi connectivity index (χ3v) is 13.6. The van der Waals surface area contributed by atoms with Gasteiger partial charge in [0.05, 0.1) is 0 Å². The molecule has 3 N–H and O–H groups in total. The molecule has 0 saturated heterocycles. The molecule has 12 heteroatoms. The average molecular weight is 661 g/mol. The molecular weight excluding hydrogens is 616 g/mol. The van der Waals surface area contributed by atoms with E-state index in [-0.39, 0.29) is 35.9 Å². The highest BCUT2D eigenvalue weighted by molar-refractivity contribution is 6.74. The number of fused-ring (bicyclic) bond motifs is 3. The van der Waals surface area contributed by atoms with Crippen molar-refractivity contribution >= 4 is 26.2 Å². The molecule has 47 heavy (non-hydrogen) atoms. The number of nitrogen functional groups attached to an aromatic ring is 1. The third kappa shape index (κ3) is 7.28. The normalized spacial score (nSPS) is 18.2. The molecular formula is C35H44N4O7Si. The van der Waals surface area contributed by atoms with Crippen molar-refractivity contribution in [3.63, 3.8) is 0 Å². The number of ether oxygens (including phenoxy) is 3. The minimum absolute atomic E-state index is 0.0943. The summed E-state index contributed by atoms with van der Waals surface area (Å²) in [5, 5.41) is 2.58. The zero-order chi connectivity index (χ0) is 34.1. The zero-order valence-electron chi connectivity index (χ0n) is 28.0. The first kappa shape index (κ1) is 33.9. The van der Waals surface area contributed by atoms with Crippen LogP contribution in [0.3, 0.4) is 0 Å². The van der Waals surface area contributed by atoms with Gasteiger partial charge in [-0.1, -0.05) is 83.1 Å². The van der Waals surface area contributed by atoms with Crippen molar-refractivity contribution in [2.75, 3.05) is 18.9 Å². The summed E-state index contributed by atoms with van der Waals surface area (Å²) in [6.45, 7) is 14.1. The van der Waals surface area contributed by atoms with Crippen molar-refractivity contribution < 1.29 is 28.2 Å². The quantitative estimate of drug-likeness (QED) is 0.206. The van der Waals surface area contributed by atoms with Crippen LogP contribution in [0.4, 0.5) is 10.6 Å². The molecule has 1 aliphatic heterocycles. The van der Waals surface area contributed by atoms with Crippen LogP contribution < -0.4 is 16.7 Å². The molecule has 5 rings (SSSR count). The van der Waals surface area contributed by atoms with Crippen LogP contribution in [0.2, 0.25) is 18.1 Å². The number of hydrogen-bond acceptors (Lipinski definition) is 9. The van der Waals surface area contributed by atoms with Crippen molar-refractivity contribution in [3.8, 4) is 11.1 Å². The van der Waals surface area contributed by atoms with Crippen molar-refractivity contribution in [2.45, 2.75) is 77.0 Å². The van der Waals surface area contributed by atoms with Gasteiger partial charge in [-0.2, -0.15) is 4.98 Å². The molecule has 2 aliphatic rings. The summed E-state index contributed by atoms with van der Waals surface area (Å²) in [4.78, 5) is 42.8. The van der Waals surface area contributed by atoms with Gasteiger partial charge in [-0.05, 0) is 58.4 Å². The Bertz CT molecular complexity index is 1680. The van der Waals surface area contributed by atoms with E-state index in [4.69, 9.17) is 24.4 Å². The lowest BCUT2D eigenvalue weighted by Gasteiger charge is -2.39. The lowest BCUT2D eigenvalue weighted by molar-refractivity contribution is -0.147. The molecule has 2 heterocycles. The molecule has 1 aliphatic carbocycles. The highest BCUT2D eigenvalue weighted by atomic mass is 28.4. The summed E-state index contributed by atoms with van der Waals surface area (Å²) in [6.07, 6.45) is 1.03. The van der Waals surface area contributed by atoms with Gasteiger partial charge < -0.3 is 29.7 Å². The molecule has 0 spiro atoms. The van der Waals surface area contributed by atoms with E-state index in [1.165, 1.54) is 16.8 Å². The van der Waals surface area contributed by atoms with Crippen LogP contribution in [-0.2, 0) is 23.4 Å². The van der Waals surface area contributed by atoms with E-state index in [0.717, 1.165) is 22.3 Å². The van der Waals surface area contributed by atoms with Crippen molar-refractivity contribution in [3.05, 3.63) is 94.2 Å². The SMILES string of the molecule is CC(C)[C@H](NC(=O)OCC1c2ccccc2-c2ccccc21)C(=O)OCC1=C[C@@H](O[Si](C)(C)C(C)(C)C)[C@H](n2ccc(N)nc2=O)O1. The monoisotopic (exact) mass is 660 g/mol. The molecule has 0 saturated carbocycles. The minimum atomic E-state index is -2.31. The molecule has 0 bridgehead atoms. The summed E-state index contributed by atoms with van der Waals surface area (Å²) in [6, 6.07) is 16.7. The Balaban J connectivity index is 1.23. The van der Waals surface area contributed by atoms with E-state index in [9.17, 15) is 14.4 Å². The predicted molar refractivity (Wildman–Crippen MR) is 181 cm³/mol. The maximum absolute atomic E-state index is 13.3. The topological polar surface area (TPSA) is 144 Å². The van der Waals surface area contributed by atoms with Gasteiger partial charge in [0.2, 0.25) is 6.23 Å². The van der Waals surface area contributed by atoms with Gasteiger partial charge in [-0.25, -0.2) is 14.4 Å². The molecule has 0 fully saturated rings. The standard InChI is InChI=1S/C35H44N4O7Si/c1-21(2)30(38-34(42)44-20-27-25-14-10-8-12-23(25)24-13-9-11-15-26(24)27)32(40)43-19-22-18-28(46-47(6,7)35(3,4)5)31(45-22)39-17-16-29(36)37-33(39)41/h8-18,21,27-28,30-31H,19-20H2,1-7H3,(H,38,42)(H2,36,37,41)/t28-,30+,31-/m1/s1. The Kier molecular flexibility index (Phi) is 9.65. The second kappa shape index (κ2) is 13.4. The van der Waals surface area contributed by atoms with E-state index < -0.39 is 44.4 Å². The first-order valence-corrected chi connectivity index (χ1v) is 18.7. The number of carbonyl (C=O) groups is 2. The number of nitrogens with one attached hydrogen (secondary N) is 1. The number of rotatable bonds is 10. The number of aromatic nitrogens is 2. The number of esters is 1. The van der Waals surface area contributed by atoms with Gasteiger partial charge in [0.25, 0.3) is 0 Å². The van der Waals surface area contributed by atoms with E-state index in [1.54, 1.807) is 19.9 Å². The van der Waals surface area contributed by atoms with Crippen LogP contribution in [-0.4, -0.2) is 55.3 Å². The van der Waals surface area contributed by atoms with Crippen LogP contribution in [0.5, 0.6) is 0 Å². The van der Waals surface area contributed by atoms with Gasteiger partial charge >= 0.3 is 17.8 Å². The second-order valence-corrected chi connectivity index (χ2v) is 18.6. The lowest BCUT2D eigenvalue weighted by atomic mass is 9.98. The number of alkyl carbamates (subject to hydrolysis) is 1. The van der Waals surface area contributed by atoms with Gasteiger partial charge in [0.15, 0.2) is 8.32 Å². The number of benzene rings is 2. The lowest BCUT2D eigenvalue weighted by Crippen LogP contribution is -2.46. The molecule has 11 nitrogen and oxygen atoms in total. The van der Waals surface area contributed by atoms with Crippen molar-refractivity contribution in [2.24, 2.45) is 5.92 Å². The number of nitrogens with two attached hydrogens (primary N) is 1. The summed E-state index contributed by atoms with van der Waals surface area (Å²) in [7, 11) is -2.31. The van der Waals surface area contributed by atoms with Crippen LogP contribution in [0.25, 0.3) is 11.1 Å². The molecule has 1 amide bonds. The minimum Gasteiger partial charge on any atom is -0.468 e. The second-order valence-electron chi connectivity index (χ2n) is 13.8. The fourth-order valence-corrected chi connectivity index (χ4v) is 6.77. The zero-order valence-corrected chi connectivity index (χ0v) is 29.0. The number of nitrogens with zero attached hydrogens (tertiary/aromatic N) is 2. The molecule has 0 unspecified atom stereocenters.